The molecule has 0 spiro atoms. The number of rotatable bonds is 4. The van der Waals surface area contributed by atoms with Gasteiger partial charge in [-0.05, 0) is 13.0 Å². The molecule has 0 saturated carbocycles. The Kier molecular flexibility index (Phi) is 4.63. The number of non-ortho nitro benzene ring substituents is 1. The maximum Gasteiger partial charge on any atom is 0.328 e. The van der Waals surface area contributed by atoms with Crippen molar-refractivity contribution in [1.29, 1.82) is 0 Å². The van der Waals surface area contributed by atoms with Gasteiger partial charge in [-0.1, -0.05) is 11.3 Å². The van der Waals surface area contributed by atoms with E-state index in [4.69, 9.17) is 4.74 Å². The summed E-state index contributed by atoms with van der Waals surface area (Å²) in [6, 6.07) is 4.65. The highest BCUT2D eigenvalue weighted by Gasteiger charge is 2.35. The van der Waals surface area contributed by atoms with Gasteiger partial charge in [-0.15, -0.1) is 5.10 Å². The van der Waals surface area contributed by atoms with Gasteiger partial charge in [0.05, 0.1) is 29.5 Å². The van der Waals surface area contributed by atoms with Gasteiger partial charge in [0.1, 0.15) is 0 Å². The highest BCUT2D eigenvalue weighted by molar-refractivity contribution is 5.96. The van der Waals surface area contributed by atoms with E-state index < -0.39 is 22.8 Å². The second kappa shape index (κ2) is 6.88. The number of aromatic nitrogens is 3. The predicted octanol–water partition coefficient (Wildman–Crippen LogP) is 0.410. The first-order valence-corrected chi connectivity index (χ1v) is 7.69. The second-order valence-electron chi connectivity index (χ2n) is 5.64. The van der Waals surface area contributed by atoms with Crippen LogP contribution in [0.2, 0.25) is 0 Å². The highest BCUT2D eigenvalue weighted by atomic mass is 16.6. The molecule has 2 heterocycles. The number of benzene rings is 1. The number of hydrogen-bond acceptors (Lipinski definition) is 7. The predicted molar refractivity (Wildman–Crippen MR) is 86.0 cm³/mol. The van der Waals surface area contributed by atoms with Crippen molar-refractivity contribution in [3.8, 4) is 5.69 Å². The number of nitro groups is 1. The van der Waals surface area contributed by atoms with Crippen LogP contribution in [-0.2, 0) is 9.53 Å². The number of amides is 1. The fraction of sp³-hybridized carbons (Fsp3) is 0.333. The molecule has 1 saturated heterocycles. The summed E-state index contributed by atoms with van der Waals surface area (Å²) in [6.45, 7) is 1.84. The minimum atomic E-state index is -1.17. The Labute approximate surface area is 146 Å². The number of carboxylic acids is 1. The van der Waals surface area contributed by atoms with Gasteiger partial charge in [0.15, 0.2) is 11.7 Å². The lowest BCUT2D eigenvalue weighted by Crippen LogP contribution is -2.52. The van der Waals surface area contributed by atoms with E-state index in [0.29, 0.717) is 11.4 Å². The van der Waals surface area contributed by atoms with Gasteiger partial charge >= 0.3 is 5.97 Å². The number of carboxylic acid groups (broad SMARTS) is 1. The van der Waals surface area contributed by atoms with Gasteiger partial charge in [-0.25, -0.2) is 9.48 Å². The first-order valence-electron chi connectivity index (χ1n) is 7.69. The fourth-order valence-electron chi connectivity index (χ4n) is 2.70. The van der Waals surface area contributed by atoms with E-state index in [0.717, 1.165) is 0 Å². The number of nitrogens with zero attached hydrogens (tertiary/aromatic N) is 5. The minimum absolute atomic E-state index is 0.00958. The molecular weight excluding hydrogens is 346 g/mol. The van der Waals surface area contributed by atoms with Gasteiger partial charge < -0.3 is 14.7 Å². The normalized spacial score (nSPS) is 17.1. The molecule has 0 aliphatic carbocycles. The van der Waals surface area contributed by atoms with Crippen molar-refractivity contribution in [3.63, 3.8) is 0 Å². The van der Waals surface area contributed by atoms with E-state index >= 15 is 0 Å². The Balaban J connectivity index is 1.93. The fourth-order valence-corrected chi connectivity index (χ4v) is 2.70. The van der Waals surface area contributed by atoms with Crippen LogP contribution in [0.4, 0.5) is 5.69 Å². The number of nitro benzene ring substituents is 1. The molecule has 11 heteroatoms. The van der Waals surface area contributed by atoms with E-state index in [1.165, 1.54) is 27.8 Å². The molecule has 1 aromatic carbocycles. The van der Waals surface area contributed by atoms with Crippen LogP contribution in [0.15, 0.2) is 24.3 Å². The van der Waals surface area contributed by atoms with Crippen LogP contribution in [-0.4, -0.2) is 67.6 Å². The topological polar surface area (TPSA) is 141 Å². The van der Waals surface area contributed by atoms with Crippen molar-refractivity contribution >= 4 is 17.6 Å². The minimum Gasteiger partial charge on any atom is -0.480 e. The van der Waals surface area contributed by atoms with Crippen LogP contribution in [0.3, 0.4) is 0 Å². The van der Waals surface area contributed by atoms with Gasteiger partial charge in [0, 0.05) is 18.7 Å². The van der Waals surface area contributed by atoms with Crippen LogP contribution in [0.25, 0.3) is 5.69 Å². The Morgan fingerprint density at radius 1 is 1.42 bits per heavy atom. The summed E-state index contributed by atoms with van der Waals surface area (Å²) in [6.07, 6.45) is 0. The maximum atomic E-state index is 12.7. The molecule has 1 aliphatic rings. The first-order chi connectivity index (χ1) is 12.4. The molecule has 1 unspecified atom stereocenters. The summed E-state index contributed by atoms with van der Waals surface area (Å²) in [5.41, 5.74) is 0.597. The summed E-state index contributed by atoms with van der Waals surface area (Å²) in [5, 5.41) is 27.9. The SMILES string of the molecule is Cc1c(C(=O)N2CCOCC2C(=O)O)nnn1-c1cccc([N+](=O)[O-])c1. The van der Waals surface area contributed by atoms with E-state index in [1.54, 1.807) is 13.0 Å². The second-order valence-corrected chi connectivity index (χ2v) is 5.64. The van der Waals surface area contributed by atoms with Gasteiger partial charge in [-0.3, -0.25) is 14.9 Å². The molecule has 0 radical (unpaired) electrons. The highest BCUT2D eigenvalue weighted by Crippen LogP contribution is 2.20. The molecule has 0 bridgehead atoms. The Morgan fingerprint density at radius 2 is 2.19 bits per heavy atom. The molecule has 1 aromatic heterocycles. The molecule has 1 N–H and O–H groups in total. The van der Waals surface area contributed by atoms with Crippen molar-refractivity contribution in [3.05, 3.63) is 45.8 Å². The zero-order chi connectivity index (χ0) is 18.8. The van der Waals surface area contributed by atoms with Gasteiger partial charge in [-0.2, -0.15) is 0 Å². The quantitative estimate of drug-likeness (QED) is 0.610. The summed E-state index contributed by atoms with van der Waals surface area (Å²) in [7, 11) is 0. The van der Waals surface area contributed by atoms with Crippen LogP contribution >= 0.6 is 0 Å². The third-order valence-electron chi connectivity index (χ3n) is 4.06. The zero-order valence-corrected chi connectivity index (χ0v) is 13.7. The third-order valence-corrected chi connectivity index (χ3v) is 4.06. The standard InChI is InChI=1S/C15H15N5O6/c1-9-13(14(21)18-5-6-26-8-12(18)15(22)23)16-17-19(9)10-3-2-4-11(7-10)20(24)25/h2-4,7,12H,5-6,8H2,1H3,(H,22,23). The molecule has 3 rings (SSSR count). The number of aliphatic carboxylic acids is 1. The largest absolute Gasteiger partial charge is 0.480 e. The van der Waals surface area contributed by atoms with Crippen molar-refractivity contribution in [2.45, 2.75) is 13.0 Å². The van der Waals surface area contributed by atoms with Crippen molar-refractivity contribution < 1.29 is 24.4 Å². The molecular formula is C15H15N5O6. The van der Waals surface area contributed by atoms with Crippen LogP contribution in [0, 0.1) is 17.0 Å². The molecule has 1 amide bonds. The van der Waals surface area contributed by atoms with Gasteiger partial charge in [0.2, 0.25) is 0 Å². The monoisotopic (exact) mass is 361 g/mol. The first kappa shape index (κ1) is 17.5. The lowest BCUT2D eigenvalue weighted by atomic mass is 10.2. The Hall–Kier alpha value is -3.34. The molecule has 1 aliphatic heterocycles. The van der Waals surface area contributed by atoms with Crippen molar-refractivity contribution in [2.24, 2.45) is 0 Å². The van der Waals surface area contributed by atoms with Crippen molar-refractivity contribution in [2.75, 3.05) is 19.8 Å². The lowest BCUT2D eigenvalue weighted by Gasteiger charge is -2.32. The molecule has 2 aromatic rings. The van der Waals surface area contributed by atoms with E-state index in [-0.39, 0.29) is 31.1 Å². The number of carbonyl (C=O) groups is 2. The molecule has 1 fully saturated rings. The smallest absolute Gasteiger partial charge is 0.328 e. The number of morpholine rings is 1. The van der Waals surface area contributed by atoms with Crippen LogP contribution < -0.4 is 0 Å². The van der Waals surface area contributed by atoms with Gasteiger partial charge in [0.25, 0.3) is 11.6 Å². The Bertz CT molecular complexity index is 879. The number of ether oxygens (including phenoxy) is 1. The maximum absolute atomic E-state index is 12.7. The van der Waals surface area contributed by atoms with E-state index in [9.17, 15) is 24.8 Å². The van der Waals surface area contributed by atoms with E-state index in [2.05, 4.69) is 10.3 Å². The summed E-state index contributed by atoms with van der Waals surface area (Å²) in [5.74, 6) is -1.74. The summed E-state index contributed by atoms with van der Waals surface area (Å²) >= 11 is 0. The Morgan fingerprint density at radius 3 is 2.88 bits per heavy atom. The molecule has 26 heavy (non-hydrogen) atoms. The zero-order valence-electron chi connectivity index (χ0n) is 13.7. The number of hydrogen-bond donors (Lipinski definition) is 1. The van der Waals surface area contributed by atoms with E-state index in [1.807, 2.05) is 0 Å². The number of carbonyl (C=O) groups excluding carboxylic acids is 1. The molecule has 11 nitrogen and oxygen atoms in total. The van der Waals surface area contributed by atoms with Crippen molar-refractivity contribution in [1.82, 2.24) is 19.9 Å². The van der Waals surface area contributed by atoms with Crippen LogP contribution in [0.5, 0.6) is 0 Å². The molecule has 1 atom stereocenters. The lowest BCUT2D eigenvalue weighted by molar-refractivity contribution is -0.384. The van der Waals surface area contributed by atoms with Crippen LogP contribution in [0.1, 0.15) is 16.2 Å². The summed E-state index contributed by atoms with van der Waals surface area (Å²) in [4.78, 5) is 35.6. The molecule has 136 valence electrons. The summed E-state index contributed by atoms with van der Waals surface area (Å²) < 4.78 is 6.42. The third kappa shape index (κ3) is 3.11. The average molecular weight is 361 g/mol. The average Bonchev–Trinajstić information content (AvgIpc) is 3.02.